The topological polar surface area (TPSA) is 73.6 Å². The lowest BCUT2D eigenvalue weighted by Crippen LogP contribution is -2.38. The molecule has 1 fully saturated rings. The van der Waals surface area contributed by atoms with Gasteiger partial charge in [-0.25, -0.2) is 0 Å². The summed E-state index contributed by atoms with van der Waals surface area (Å²) < 4.78 is 10.6. The van der Waals surface area contributed by atoms with Gasteiger partial charge in [-0.2, -0.15) is 0 Å². The van der Waals surface area contributed by atoms with Crippen molar-refractivity contribution in [1.29, 1.82) is 0 Å². The van der Waals surface area contributed by atoms with E-state index in [-0.39, 0.29) is 11.9 Å². The summed E-state index contributed by atoms with van der Waals surface area (Å²) in [6.45, 7) is 3.86. The first-order chi connectivity index (χ1) is 9.20. The zero-order valence-corrected chi connectivity index (χ0v) is 11.1. The molecule has 0 aliphatic carbocycles. The predicted molar refractivity (Wildman–Crippen MR) is 73.3 cm³/mol. The van der Waals surface area contributed by atoms with E-state index < -0.39 is 0 Å². The molecule has 1 heterocycles. The molecule has 3 N–H and O–H groups in total. The van der Waals surface area contributed by atoms with Gasteiger partial charge >= 0.3 is 0 Å². The monoisotopic (exact) mass is 264 g/mol. The lowest BCUT2D eigenvalue weighted by molar-refractivity contribution is 0.0696. The van der Waals surface area contributed by atoms with E-state index >= 15 is 0 Å². The molecule has 0 unspecified atom stereocenters. The number of amides is 1. The molecule has 1 saturated heterocycles. The molecule has 0 bridgehead atoms. The SMILES string of the molecule is CCOc1ccc(C(=O)NC2CCOCC2)cc1N. The number of nitrogens with two attached hydrogens (primary N) is 1. The normalized spacial score (nSPS) is 16.1. The maximum atomic E-state index is 12.1. The molecule has 104 valence electrons. The van der Waals surface area contributed by atoms with E-state index in [9.17, 15) is 4.79 Å². The van der Waals surface area contributed by atoms with Gasteiger partial charge in [-0.05, 0) is 38.0 Å². The van der Waals surface area contributed by atoms with Crippen molar-refractivity contribution < 1.29 is 14.3 Å². The second kappa shape index (κ2) is 6.43. The fraction of sp³-hybridized carbons (Fsp3) is 0.500. The van der Waals surface area contributed by atoms with Crippen LogP contribution < -0.4 is 15.8 Å². The third-order valence-corrected chi connectivity index (χ3v) is 3.13. The van der Waals surface area contributed by atoms with Crippen LogP contribution in [0.3, 0.4) is 0 Å². The van der Waals surface area contributed by atoms with Gasteiger partial charge in [0.05, 0.1) is 12.3 Å². The lowest BCUT2D eigenvalue weighted by atomic mass is 10.1. The minimum absolute atomic E-state index is 0.0957. The molecule has 0 saturated carbocycles. The highest BCUT2D eigenvalue weighted by atomic mass is 16.5. The summed E-state index contributed by atoms with van der Waals surface area (Å²) in [4.78, 5) is 12.1. The van der Waals surface area contributed by atoms with Crippen LogP contribution in [0.2, 0.25) is 0 Å². The van der Waals surface area contributed by atoms with Crippen molar-refractivity contribution in [1.82, 2.24) is 5.32 Å². The Balaban J connectivity index is 2.00. The third kappa shape index (κ3) is 3.61. The Morgan fingerprint density at radius 1 is 1.47 bits per heavy atom. The van der Waals surface area contributed by atoms with Crippen LogP contribution in [0.4, 0.5) is 5.69 Å². The molecule has 2 rings (SSSR count). The number of rotatable bonds is 4. The maximum Gasteiger partial charge on any atom is 0.251 e. The van der Waals surface area contributed by atoms with Crippen molar-refractivity contribution in [2.24, 2.45) is 0 Å². The van der Waals surface area contributed by atoms with Gasteiger partial charge in [0.2, 0.25) is 0 Å². The fourth-order valence-corrected chi connectivity index (χ4v) is 2.09. The number of nitrogens with one attached hydrogen (secondary N) is 1. The van der Waals surface area contributed by atoms with E-state index in [1.807, 2.05) is 6.92 Å². The summed E-state index contributed by atoms with van der Waals surface area (Å²) in [6.07, 6.45) is 1.72. The smallest absolute Gasteiger partial charge is 0.251 e. The highest BCUT2D eigenvalue weighted by Crippen LogP contribution is 2.22. The predicted octanol–water partition coefficient (Wildman–Crippen LogP) is 1.58. The highest BCUT2D eigenvalue weighted by molar-refractivity contribution is 5.95. The average Bonchev–Trinajstić information content (AvgIpc) is 2.42. The van der Waals surface area contributed by atoms with E-state index in [1.165, 1.54) is 0 Å². The van der Waals surface area contributed by atoms with Gasteiger partial charge in [0.1, 0.15) is 5.75 Å². The molecule has 5 nitrogen and oxygen atoms in total. The second-order valence-electron chi connectivity index (χ2n) is 4.55. The van der Waals surface area contributed by atoms with Crippen molar-refractivity contribution in [3.63, 3.8) is 0 Å². The number of hydrogen-bond acceptors (Lipinski definition) is 4. The first-order valence-corrected chi connectivity index (χ1v) is 6.61. The molecule has 1 amide bonds. The quantitative estimate of drug-likeness (QED) is 0.810. The van der Waals surface area contributed by atoms with Gasteiger partial charge in [-0.15, -0.1) is 0 Å². The average molecular weight is 264 g/mol. The summed E-state index contributed by atoms with van der Waals surface area (Å²) in [6, 6.07) is 5.31. The number of benzene rings is 1. The van der Waals surface area contributed by atoms with E-state index in [1.54, 1.807) is 18.2 Å². The largest absolute Gasteiger partial charge is 0.492 e. The van der Waals surface area contributed by atoms with E-state index in [0.717, 1.165) is 12.8 Å². The molecule has 19 heavy (non-hydrogen) atoms. The van der Waals surface area contributed by atoms with Crippen molar-refractivity contribution in [3.8, 4) is 5.75 Å². The van der Waals surface area contributed by atoms with Gasteiger partial charge in [-0.1, -0.05) is 0 Å². The Bertz CT molecular complexity index is 442. The molecule has 0 aromatic heterocycles. The van der Waals surface area contributed by atoms with E-state index in [2.05, 4.69) is 5.32 Å². The Kier molecular flexibility index (Phi) is 4.63. The fourth-order valence-electron chi connectivity index (χ4n) is 2.09. The summed E-state index contributed by atoms with van der Waals surface area (Å²) in [7, 11) is 0. The molecule has 1 aliphatic rings. The van der Waals surface area contributed by atoms with Gasteiger partial charge in [0, 0.05) is 24.8 Å². The third-order valence-electron chi connectivity index (χ3n) is 3.13. The van der Waals surface area contributed by atoms with Gasteiger partial charge in [-0.3, -0.25) is 4.79 Å². The number of carbonyl (C=O) groups excluding carboxylic acids is 1. The standard InChI is InChI=1S/C14H20N2O3/c1-2-19-13-4-3-10(9-12(13)15)14(17)16-11-5-7-18-8-6-11/h3-4,9,11H,2,5-8,15H2,1H3,(H,16,17). The van der Waals surface area contributed by atoms with E-state index in [4.69, 9.17) is 15.2 Å². The van der Waals surface area contributed by atoms with Gasteiger partial charge < -0.3 is 20.5 Å². The zero-order valence-electron chi connectivity index (χ0n) is 11.1. The van der Waals surface area contributed by atoms with Crippen LogP contribution >= 0.6 is 0 Å². The van der Waals surface area contributed by atoms with Gasteiger partial charge in [0.25, 0.3) is 5.91 Å². The Labute approximate surface area is 113 Å². The van der Waals surface area contributed by atoms with Gasteiger partial charge in [0.15, 0.2) is 0 Å². The van der Waals surface area contributed by atoms with Crippen LogP contribution in [0, 0.1) is 0 Å². The van der Waals surface area contributed by atoms with Crippen LogP contribution in [0.25, 0.3) is 0 Å². The van der Waals surface area contributed by atoms with Crippen LogP contribution in [0.5, 0.6) is 5.75 Å². The Hall–Kier alpha value is -1.75. The molecule has 1 aromatic carbocycles. The van der Waals surface area contributed by atoms with Crippen molar-refractivity contribution in [2.75, 3.05) is 25.6 Å². The van der Waals surface area contributed by atoms with Crippen LogP contribution in [0.1, 0.15) is 30.1 Å². The summed E-state index contributed by atoms with van der Waals surface area (Å²) in [5.74, 6) is 0.520. The van der Waals surface area contributed by atoms with Crippen molar-refractivity contribution in [3.05, 3.63) is 23.8 Å². The molecular weight excluding hydrogens is 244 g/mol. The van der Waals surface area contributed by atoms with Crippen molar-refractivity contribution >= 4 is 11.6 Å². The first kappa shape index (κ1) is 13.7. The molecule has 1 aliphatic heterocycles. The summed E-state index contributed by atoms with van der Waals surface area (Å²) in [5.41, 5.74) is 6.90. The number of anilines is 1. The van der Waals surface area contributed by atoms with Crippen LogP contribution in [-0.2, 0) is 4.74 Å². The molecule has 0 spiro atoms. The van der Waals surface area contributed by atoms with Crippen LogP contribution in [-0.4, -0.2) is 31.8 Å². The minimum atomic E-state index is -0.0957. The zero-order chi connectivity index (χ0) is 13.7. The molecule has 0 atom stereocenters. The Morgan fingerprint density at radius 2 is 2.21 bits per heavy atom. The summed E-state index contributed by atoms with van der Waals surface area (Å²) in [5, 5.41) is 3.00. The number of carbonyl (C=O) groups is 1. The van der Waals surface area contributed by atoms with Crippen LogP contribution in [0.15, 0.2) is 18.2 Å². The molecule has 0 radical (unpaired) electrons. The molecular formula is C14H20N2O3. The summed E-state index contributed by atoms with van der Waals surface area (Å²) >= 11 is 0. The lowest BCUT2D eigenvalue weighted by Gasteiger charge is -2.23. The van der Waals surface area contributed by atoms with Crippen molar-refractivity contribution in [2.45, 2.75) is 25.8 Å². The number of nitrogen functional groups attached to an aromatic ring is 1. The van der Waals surface area contributed by atoms with E-state index in [0.29, 0.717) is 36.8 Å². The molecule has 5 heteroatoms. The number of hydrogen-bond donors (Lipinski definition) is 2. The highest BCUT2D eigenvalue weighted by Gasteiger charge is 2.17. The Morgan fingerprint density at radius 3 is 2.84 bits per heavy atom. The number of ether oxygens (including phenoxy) is 2. The maximum absolute atomic E-state index is 12.1. The molecule has 1 aromatic rings. The first-order valence-electron chi connectivity index (χ1n) is 6.61. The second-order valence-corrected chi connectivity index (χ2v) is 4.55. The minimum Gasteiger partial charge on any atom is -0.492 e.